The zero-order valence-corrected chi connectivity index (χ0v) is 16.8. The van der Waals surface area contributed by atoms with Gasteiger partial charge in [-0.15, -0.1) is 0 Å². The molecule has 0 aromatic heterocycles. The smallest absolute Gasteiger partial charge is 0.308 e. The van der Waals surface area contributed by atoms with Gasteiger partial charge in [0.15, 0.2) is 11.6 Å². The van der Waals surface area contributed by atoms with Crippen molar-refractivity contribution in [3.8, 4) is 5.75 Å². The number of rotatable bonds is 2. The summed E-state index contributed by atoms with van der Waals surface area (Å²) < 4.78 is 10.1. The van der Waals surface area contributed by atoms with Crippen LogP contribution in [-0.2, 0) is 19.1 Å². The number of allylic oxidation sites excluding steroid dienone is 1. The monoisotopic (exact) mass is 396 g/mol. The summed E-state index contributed by atoms with van der Waals surface area (Å²) in [6.45, 7) is 4.62. The van der Waals surface area contributed by atoms with Crippen molar-refractivity contribution in [2.75, 3.05) is 0 Å². The molecular weight excluding hydrogens is 372 g/mol. The third-order valence-corrected chi connectivity index (χ3v) is 6.85. The summed E-state index contributed by atoms with van der Waals surface area (Å²) in [5.74, 6) is -0.139. The number of fused-ring (bicyclic) bond motifs is 5. The largest absolute Gasteiger partial charge is 0.434 e. The van der Waals surface area contributed by atoms with Crippen molar-refractivity contribution in [1.29, 1.82) is 0 Å². The van der Waals surface area contributed by atoms with Crippen molar-refractivity contribution in [2.45, 2.75) is 52.4 Å². The highest BCUT2D eigenvalue weighted by Gasteiger charge is 2.57. The quantitative estimate of drug-likeness (QED) is 0.328. The van der Waals surface area contributed by atoms with E-state index in [1.165, 1.54) is 20.1 Å². The fourth-order valence-corrected chi connectivity index (χ4v) is 5.54. The molecule has 4 atom stereocenters. The van der Waals surface area contributed by atoms with Gasteiger partial charge in [-0.25, -0.2) is 0 Å². The first-order chi connectivity index (χ1) is 13.7. The Morgan fingerprint density at radius 2 is 1.90 bits per heavy atom. The normalized spacial score (nSPS) is 31.7. The van der Waals surface area contributed by atoms with Crippen LogP contribution in [0.1, 0.15) is 68.3 Å². The zero-order valence-electron chi connectivity index (χ0n) is 16.8. The molecule has 0 bridgehead atoms. The molecule has 6 nitrogen and oxygen atoms in total. The van der Waals surface area contributed by atoms with E-state index in [2.05, 4.69) is 0 Å². The fraction of sp³-hybridized carbons (Fsp3) is 0.478. The summed E-state index contributed by atoms with van der Waals surface area (Å²) in [6.07, 6.45) is 3.74. The maximum Gasteiger partial charge on any atom is 0.308 e. The van der Waals surface area contributed by atoms with Crippen molar-refractivity contribution < 1.29 is 28.7 Å². The molecule has 0 radical (unpaired) electrons. The van der Waals surface area contributed by atoms with E-state index in [1.54, 1.807) is 12.1 Å². The highest BCUT2D eigenvalue weighted by molar-refractivity contribution is 6.03. The lowest BCUT2D eigenvalue weighted by Crippen LogP contribution is -2.43. The molecule has 4 rings (SSSR count). The van der Waals surface area contributed by atoms with Crippen LogP contribution < -0.4 is 4.74 Å². The first-order valence-electron chi connectivity index (χ1n) is 9.97. The van der Waals surface area contributed by atoms with Gasteiger partial charge in [-0.05, 0) is 54.7 Å². The molecule has 1 aromatic rings. The fourth-order valence-electron chi connectivity index (χ4n) is 5.54. The predicted molar refractivity (Wildman–Crippen MR) is 103 cm³/mol. The van der Waals surface area contributed by atoms with Crippen LogP contribution in [0.4, 0.5) is 0 Å². The molecule has 0 N–H and O–H groups in total. The maximum atomic E-state index is 13.0. The molecule has 0 aliphatic heterocycles. The van der Waals surface area contributed by atoms with Gasteiger partial charge in [-0.3, -0.25) is 19.2 Å². The molecule has 2 saturated carbocycles. The van der Waals surface area contributed by atoms with Crippen LogP contribution in [-0.4, -0.2) is 23.5 Å². The Kier molecular flexibility index (Phi) is 4.68. The Bertz CT molecular complexity index is 958. The van der Waals surface area contributed by atoms with Crippen LogP contribution in [0.2, 0.25) is 0 Å². The molecule has 152 valence electrons. The Morgan fingerprint density at radius 3 is 2.59 bits per heavy atom. The molecule has 0 spiro atoms. The van der Waals surface area contributed by atoms with Gasteiger partial charge in [-0.1, -0.05) is 13.0 Å². The summed E-state index contributed by atoms with van der Waals surface area (Å²) in [7, 11) is 0. The first-order valence-corrected chi connectivity index (χ1v) is 9.97. The molecule has 3 unspecified atom stereocenters. The standard InChI is InChI=1S/C23H24O6/c1-12(24)28-11-14-8-20-18-10-21(26)19-9-15(29-13(2)25)4-5-16(19)17(18)6-7-23(20,3)22(14)27/h4-5,9,11,17-18,20H,6-8,10H2,1-3H3/b14-11-/t17?,18?,20?,23-/m0/s1. The van der Waals surface area contributed by atoms with Crippen LogP contribution in [0.25, 0.3) is 0 Å². The maximum absolute atomic E-state index is 13.0. The van der Waals surface area contributed by atoms with E-state index in [-0.39, 0.29) is 29.3 Å². The Hall–Kier alpha value is -2.76. The van der Waals surface area contributed by atoms with Gasteiger partial charge in [0.2, 0.25) is 0 Å². The number of ketones is 2. The average molecular weight is 396 g/mol. The minimum Gasteiger partial charge on any atom is -0.434 e. The number of Topliss-reactive ketones (excluding diaryl/α,β-unsaturated/α-hetero) is 2. The summed E-state index contributed by atoms with van der Waals surface area (Å²) >= 11 is 0. The summed E-state index contributed by atoms with van der Waals surface area (Å²) in [6, 6.07) is 5.28. The molecule has 1 aromatic carbocycles. The molecule has 3 aliphatic carbocycles. The lowest BCUT2D eigenvalue weighted by atomic mass is 9.55. The van der Waals surface area contributed by atoms with Gasteiger partial charge in [-0.2, -0.15) is 0 Å². The highest BCUT2D eigenvalue weighted by Crippen LogP contribution is 2.60. The number of carbonyl (C=O) groups is 4. The number of esters is 2. The second kappa shape index (κ2) is 6.94. The number of hydrogen-bond donors (Lipinski definition) is 0. The summed E-state index contributed by atoms with van der Waals surface area (Å²) in [5, 5.41) is 0. The van der Waals surface area contributed by atoms with Crippen LogP contribution in [0, 0.1) is 17.3 Å². The van der Waals surface area contributed by atoms with Crippen LogP contribution >= 0.6 is 0 Å². The van der Waals surface area contributed by atoms with Crippen molar-refractivity contribution in [1.82, 2.24) is 0 Å². The van der Waals surface area contributed by atoms with Crippen molar-refractivity contribution in [3.05, 3.63) is 41.2 Å². The van der Waals surface area contributed by atoms with Gasteiger partial charge in [0.05, 0.1) is 0 Å². The molecule has 0 amide bonds. The van der Waals surface area contributed by atoms with Gasteiger partial charge >= 0.3 is 11.9 Å². The van der Waals surface area contributed by atoms with E-state index >= 15 is 0 Å². The van der Waals surface area contributed by atoms with Crippen LogP contribution in [0.5, 0.6) is 5.75 Å². The Morgan fingerprint density at radius 1 is 1.14 bits per heavy atom. The summed E-state index contributed by atoms with van der Waals surface area (Å²) in [4.78, 5) is 48.4. The Labute approximate surface area is 169 Å². The number of carbonyl (C=O) groups excluding carboxylic acids is 4. The van der Waals surface area contributed by atoms with Gasteiger partial charge < -0.3 is 9.47 Å². The van der Waals surface area contributed by atoms with Crippen LogP contribution in [0.15, 0.2) is 30.0 Å². The van der Waals surface area contributed by atoms with Crippen LogP contribution in [0.3, 0.4) is 0 Å². The molecule has 0 saturated heterocycles. The van der Waals surface area contributed by atoms with E-state index in [0.29, 0.717) is 29.7 Å². The number of ether oxygens (including phenoxy) is 2. The van der Waals surface area contributed by atoms with E-state index < -0.39 is 17.4 Å². The number of benzene rings is 1. The summed E-state index contributed by atoms with van der Waals surface area (Å²) in [5.41, 5.74) is 1.61. The minimum atomic E-state index is -0.525. The third kappa shape index (κ3) is 3.20. The molecule has 3 aliphatic rings. The lowest BCUT2D eigenvalue weighted by molar-refractivity contribution is -0.135. The van der Waals surface area contributed by atoms with Gasteiger partial charge in [0.1, 0.15) is 12.0 Å². The lowest BCUT2D eigenvalue weighted by Gasteiger charge is -2.47. The van der Waals surface area contributed by atoms with E-state index in [1.807, 2.05) is 13.0 Å². The van der Waals surface area contributed by atoms with Crippen molar-refractivity contribution in [2.24, 2.45) is 17.3 Å². The van der Waals surface area contributed by atoms with Gasteiger partial charge in [0, 0.05) is 36.8 Å². The molecule has 2 fully saturated rings. The van der Waals surface area contributed by atoms with E-state index in [9.17, 15) is 19.2 Å². The topological polar surface area (TPSA) is 86.7 Å². The van der Waals surface area contributed by atoms with Crippen molar-refractivity contribution in [3.63, 3.8) is 0 Å². The second-order valence-electron chi connectivity index (χ2n) is 8.59. The van der Waals surface area contributed by atoms with E-state index in [4.69, 9.17) is 9.47 Å². The molecule has 6 heteroatoms. The van der Waals surface area contributed by atoms with Gasteiger partial charge in [0.25, 0.3) is 0 Å². The first kappa shape index (κ1) is 19.6. The Balaban J connectivity index is 1.67. The third-order valence-electron chi connectivity index (χ3n) is 6.85. The van der Waals surface area contributed by atoms with E-state index in [0.717, 1.165) is 18.4 Å². The average Bonchev–Trinajstić information content (AvgIpc) is 2.91. The zero-order chi connectivity index (χ0) is 20.9. The molecule has 0 heterocycles. The molecular formula is C23H24O6. The van der Waals surface area contributed by atoms with Crippen molar-refractivity contribution >= 4 is 23.5 Å². The minimum absolute atomic E-state index is 0.0179. The number of hydrogen-bond acceptors (Lipinski definition) is 6. The SMILES string of the molecule is CC(=O)O/C=C1/CC2C3CC(=O)c4cc(OC(C)=O)ccc4C3CC[C@]2(C)C1=O. The second-order valence-corrected chi connectivity index (χ2v) is 8.59. The predicted octanol–water partition coefficient (Wildman–Crippen LogP) is 3.73. The highest BCUT2D eigenvalue weighted by atomic mass is 16.5. The molecule has 29 heavy (non-hydrogen) atoms.